The standard InChI is InChI=1S/C19H16O8/c1-22-10-5-4-9(6-11(10)23-2)17-19(24-3)16(21)14-12(27-17)7-13-18(15(14)20)26-8-25-13/h4-7,20H,8H2,1-3H3. The van der Waals surface area contributed by atoms with E-state index in [2.05, 4.69) is 0 Å². The fourth-order valence-corrected chi connectivity index (χ4v) is 3.03. The summed E-state index contributed by atoms with van der Waals surface area (Å²) in [5.41, 5.74) is 0.160. The third-order valence-electron chi connectivity index (χ3n) is 4.30. The second kappa shape index (κ2) is 6.31. The lowest BCUT2D eigenvalue weighted by atomic mass is 10.1. The first-order chi connectivity index (χ1) is 13.1. The normalized spacial score (nSPS) is 12.3. The Labute approximate surface area is 153 Å². The molecule has 1 N–H and O–H groups in total. The lowest BCUT2D eigenvalue weighted by molar-refractivity contribution is 0.171. The summed E-state index contributed by atoms with van der Waals surface area (Å²) in [7, 11) is 4.39. The molecule has 0 radical (unpaired) electrons. The van der Waals surface area contributed by atoms with Crippen molar-refractivity contribution in [3.05, 3.63) is 34.5 Å². The Morgan fingerprint density at radius 3 is 2.48 bits per heavy atom. The largest absolute Gasteiger partial charge is 0.504 e. The number of rotatable bonds is 4. The summed E-state index contributed by atoms with van der Waals surface area (Å²) in [5.74, 6) is 1.20. The summed E-state index contributed by atoms with van der Waals surface area (Å²) >= 11 is 0. The number of aromatic hydroxyl groups is 1. The minimum atomic E-state index is -0.528. The zero-order valence-electron chi connectivity index (χ0n) is 14.8. The lowest BCUT2D eigenvalue weighted by Crippen LogP contribution is -2.08. The van der Waals surface area contributed by atoms with E-state index in [1.54, 1.807) is 18.2 Å². The molecule has 4 rings (SSSR count). The van der Waals surface area contributed by atoms with Crippen LogP contribution in [-0.4, -0.2) is 33.2 Å². The quantitative estimate of drug-likeness (QED) is 0.747. The van der Waals surface area contributed by atoms with Crippen molar-refractivity contribution >= 4 is 11.0 Å². The van der Waals surface area contributed by atoms with Crippen molar-refractivity contribution in [3.63, 3.8) is 0 Å². The maximum atomic E-state index is 13.0. The van der Waals surface area contributed by atoms with Crippen LogP contribution in [0.1, 0.15) is 0 Å². The van der Waals surface area contributed by atoms with Gasteiger partial charge in [0.05, 0.1) is 21.3 Å². The van der Waals surface area contributed by atoms with Crippen LogP contribution in [-0.2, 0) is 0 Å². The van der Waals surface area contributed by atoms with Gasteiger partial charge in [0.15, 0.2) is 28.8 Å². The molecule has 0 saturated carbocycles. The van der Waals surface area contributed by atoms with E-state index < -0.39 is 5.43 Å². The number of hydrogen-bond acceptors (Lipinski definition) is 8. The summed E-state index contributed by atoms with van der Waals surface area (Å²) in [4.78, 5) is 13.0. The molecule has 8 nitrogen and oxygen atoms in total. The van der Waals surface area contributed by atoms with Crippen LogP contribution in [0, 0.1) is 0 Å². The zero-order chi connectivity index (χ0) is 19.1. The number of hydrogen-bond donors (Lipinski definition) is 1. The summed E-state index contributed by atoms with van der Waals surface area (Å²) in [6.45, 7) is -0.0485. The second-order valence-corrected chi connectivity index (χ2v) is 5.70. The van der Waals surface area contributed by atoms with E-state index in [9.17, 15) is 9.90 Å². The average Bonchev–Trinajstić information content (AvgIpc) is 3.16. The Bertz CT molecular complexity index is 1100. The van der Waals surface area contributed by atoms with E-state index in [1.165, 1.54) is 27.4 Å². The van der Waals surface area contributed by atoms with Gasteiger partial charge in [-0.15, -0.1) is 0 Å². The predicted octanol–water partition coefficient (Wildman–Crippen LogP) is 2.92. The van der Waals surface area contributed by atoms with Crippen LogP contribution in [0.3, 0.4) is 0 Å². The van der Waals surface area contributed by atoms with Crippen molar-refractivity contribution in [2.24, 2.45) is 0 Å². The van der Waals surface area contributed by atoms with E-state index in [1.807, 2.05) is 0 Å². The van der Waals surface area contributed by atoms with Crippen LogP contribution in [0.25, 0.3) is 22.3 Å². The molecule has 0 unspecified atom stereocenters. The monoisotopic (exact) mass is 372 g/mol. The molecule has 0 bridgehead atoms. The average molecular weight is 372 g/mol. The Kier molecular flexibility index (Phi) is 3.95. The highest BCUT2D eigenvalue weighted by Gasteiger charge is 2.27. The Balaban J connectivity index is 2.02. The molecule has 1 aliphatic heterocycles. The molecule has 2 aromatic carbocycles. The van der Waals surface area contributed by atoms with Crippen molar-refractivity contribution in [2.75, 3.05) is 28.1 Å². The second-order valence-electron chi connectivity index (χ2n) is 5.70. The molecule has 1 aliphatic rings. The molecule has 0 aliphatic carbocycles. The minimum Gasteiger partial charge on any atom is -0.504 e. The number of benzene rings is 2. The van der Waals surface area contributed by atoms with E-state index in [4.69, 9.17) is 28.1 Å². The molecule has 0 fully saturated rings. The molecule has 2 heterocycles. The molecule has 0 atom stereocenters. The van der Waals surface area contributed by atoms with Gasteiger partial charge in [-0.2, -0.15) is 0 Å². The van der Waals surface area contributed by atoms with Crippen molar-refractivity contribution in [1.29, 1.82) is 0 Å². The molecule has 140 valence electrons. The van der Waals surface area contributed by atoms with E-state index in [0.29, 0.717) is 22.8 Å². The number of phenolic OH excluding ortho intramolecular Hbond substituents is 1. The van der Waals surface area contributed by atoms with Crippen LogP contribution in [0.2, 0.25) is 0 Å². The molecule has 8 heteroatoms. The van der Waals surface area contributed by atoms with Gasteiger partial charge in [-0.25, -0.2) is 0 Å². The molecule has 1 aromatic heterocycles. The number of methoxy groups -OCH3 is 3. The van der Waals surface area contributed by atoms with Gasteiger partial charge < -0.3 is 33.2 Å². The predicted molar refractivity (Wildman–Crippen MR) is 95.4 cm³/mol. The van der Waals surface area contributed by atoms with Gasteiger partial charge in [0.25, 0.3) is 0 Å². The molecule has 0 spiro atoms. The van der Waals surface area contributed by atoms with Crippen molar-refractivity contribution in [3.8, 4) is 45.8 Å². The molecule has 27 heavy (non-hydrogen) atoms. The van der Waals surface area contributed by atoms with Crippen LogP contribution >= 0.6 is 0 Å². The Morgan fingerprint density at radius 1 is 1.00 bits per heavy atom. The topological polar surface area (TPSA) is 96.6 Å². The first-order valence-corrected chi connectivity index (χ1v) is 7.97. The summed E-state index contributed by atoms with van der Waals surface area (Å²) < 4.78 is 32.2. The number of phenols is 1. The highest BCUT2D eigenvalue weighted by atomic mass is 16.7. The van der Waals surface area contributed by atoms with E-state index >= 15 is 0 Å². The van der Waals surface area contributed by atoms with E-state index in [-0.39, 0.29) is 40.8 Å². The number of fused-ring (bicyclic) bond motifs is 2. The fraction of sp³-hybridized carbons (Fsp3) is 0.211. The molecular formula is C19H16O8. The Morgan fingerprint density at radius 2 is 1.78 bits per heavy atom. The maximum absolute atomic E-state index is 13.0. The molecular weight excluding hydrogens is 356 g/mol. The first-order valence-electron chi connectivity index (χ1n) is 7.97. The lowest BCUT2D eigenvalue weighted by Gasteiger charge is -2.13. The van der Waals surface area contributed by atoms with Crippen LogP contribution < -0.4 is 29.1 Å². The summed E-state index contributed by atoms with van der Waals surface area (Å²) in [5, 5.41) is 10.4. The van der Waals surface area contributed by atoms with Crippen molar-refractivity contribution in [2.45, 2.75) is 0 Å². The van der Waals surface area contributed by atoms with Crippen LogP contribution in [0.5, 0.6) is 34.5 Å². The molecule has 3 aromatic rings. The van der Waals surface area contributed by atoms with Crippen LogP contribution in [0.4, 0.5) is 0 Å². The highest BCUT2D eigenvalue weighted by Crippen LogP contribution is 2.46. The smallest absolute Gasteiger partial charge is 0.239 e. The van der Waals surface area contributed by atoms with Gasteiger partial charge in [0.2, 0.25) is 23.7 Å². The van der Waals surface area contributed by atoms with Gasteiger partial charge in [0, 0.05) is 11.6 Å². The van der Waals surface area contributed by atoms with Gasteiger partial charge in [0.1, 0.15) is 11.0 Å². The summed E-state index contributed by atoms with van der Waals surface area (Å²) in [6, 6.07) is 6.57. The van der Waals surface area contributed by atoms with Gasteiger partial charge in [-0.1, -0.05) is 0 Å². The Hall–Kier alpha value is -3.55. The number of ether oxygens (including phenoxy) is 5. The van der Waals surface area contributed by atoms with E-state index in [0.717, 1.165) is 0 Å². The minimum absolute atomic E-state index is 0.0414. The third kappa shape index (κ3) is 2.49. The van der Waals surface area contributed by atoms with Gasteiger partial charge in [-0.3, -0.25) is 4.79 Å². The molecule has 0 amide bonds. The highest BCUT2D eigenvalue weighted by molar-refractivity contribution is 5.91. The fourth-order valence-electron chi connectivity index (χ4n) is 3.03. The van der Waals surface area contributed by atoms with Crippen molar-refractivity contribution < 1.29 is 33.2 Å². The van der Waals surface area contributed by atoms with Crippen molar-refractivity contribution in [1.82, 2.24) is 0 Å². The molecule has 0 saturated heterocycles. The first kappa shape index (κ1) is 16.9. The third-order valence-corrected chi connectivity index (χ3v) is 4.30. The van der Waals surface area contributed by atoms with Gasteiger partial charge >= 0.3 is 0 Å². The van der Waals surface area contributed by atoms with Gasteiger partial charge in [-0.05, 0) is 18.2 Å². The zero-order valence-corrected chi connectivity index (χ0v) is 14.8. The SMILES string of the molecule is COc1ccc(-c2oc3cc4c(c(O)c3c(=O)c2OC)OCO4)cc1OC. The summed E-state index contributed by atoms with van der Waals surface area (Å²) in [6.07, 6.45) is 0. The maximum Gasteiger partial charge on any atom is 0.239 e. The van der Waals surface area contributed by atoms with Crippen LogP contribution in [0.15, 0.2) is 33.5 Å².